The Morgan fingerprint density at radius 1 is 0.264 bits per heavy atom. The lowest BCUT2D eigenvalue weighted by atomic mass is 9.47. The van der Waals surface area contributed by atoms with Crippen molar-refractivity contribution in [2.24, 2.45) is 0 Å². The average molecular weight is 1450 g/mol. The third kappa shape index (κ3) is 14.1. The number of rotatable bonds is 27. The van der Waals surface area contributed by atoms with Gasteiger partial charge in [-0.2, -0.15) is 12.6 Å². The molecule has 3 aliphatic rings. The molecule has 3 aliphatic heterocycles. The number of aliphatic hydroxyl groups is 12. The van der Waals surface area contributed by atoms with E-state index in [4.69, 9.17) is 18.9 Å². The molecule has 0 bridgehead atoms. The van der Waals surface area contributed by atoms with E-state index in [9.17, 15) is 25.5 Å². The zero-order valence-corrected chi connectivity index (χ0v) is 59.7. The van der Waals surface area contributed by atoms with Crippen molar-refractivity contribution >= 4 is 12.6 Å². The molecule has 0 radical (unpaired) electrons. The van der Waals surface area contributed by atoms with Crippen LogP contribution in [0.15, 0.2) is 303 Å². The van der Waals surface area contributed by atoms with Crippen LogP contribution in [0.25, 0.3) is 0 Å². The molecule has 0 spiro atoms. The maximum absolute atomic E-state index is 16.2. The van der Waals surface area contributed by atoms with Gasteiger partial charge in [0.2, 0.25) is 0 Å². The molecule has 10 aromatic rings. The number of hydrogen-bond acceptors (Lipinski definition) is 17. The van der Waals surface area contributed by atoms with Crippen LogP contribution >= 0.6 is 12.6 Å². The molecule has 10 aromatic carbocycles. The Hall–Kier alpha value is -8.09. The monoisotopic (exact) mass is 1450 g/mol. The predicted molar refractivity (Wildman–Crippen MR) is 405 cm³/mol. The summed E-state index contributed by atoms with van der Waals surface area (Å²) in [6.07, 6.45) is -27.0. The van der Waals surface area contributed by atoms with Crippen molar-refractivity contribution in [2.75, 3.05) is 5.94 Å². The van der Waals surface area contributed by atoms with Gasteiger partial charge in [0.05, 0.1) is 24.3 Å². The zero-order chi connectivity index (χ0) is 74.4. The summed E-state index contributed by atoms with van der Waals surface area (Å²) in [4.78, 5) is 0. The molecule has 17 heteroatoms. The third-order valence-corrected chi connectivity index (χ3v) is 22.9. The largest absolute Gasteiger partial charge is 0.390 e. The Balaban J connectivity index is 1.18. The van der Waals surface area contributed by atoms with Gasteiger partial charge in [-0.3, -0.25) is 0 Å². The van der Waals surface area contributed by atoms with Gasteiger partial charge in [0, 0.05) is 64.2 Å². The molecule has 3 heterocycles. The lowest BCUT2D eigenvalue weighted by Gasteiger charge is -2.72. The summed E-state index contributed by atoms with van der Waals surface area (Å²) in [7, 11) is 0. The Labute approximate surface area is 624 Å². The molecule has 0 amide bonds. The smallest absolute Gasteiger partial charge is 0.191 e. The Kier molecular flexibility index (Phi) is 22.7. The molecule has 3 fully saturated rings. The van der Waals surface area contributed by atoms with Crippen molar-refractivity contribution in [1.29, 1.82) is 0 Å². The number of thiol groups is 1. The average Bonchev–Trinajstić information content (AvgIpc) is 0.652. The standard InChI is InChI=1S/C89H94O16S/c90-72(51-62-31-11-1-12-32-62)75-81(93,54-65-37-17-4-18-38-65)85(97,58-69-45-25-8-26-46-69)82(94,55-66-39-19-5-20-40-66)78(103-75)88(100)76(73(91)52-63-33-13-2-14-34-63)104-79(83(95,56-67-41-21-6-22-42-67)86(88,98)59-70-47-27-9-28-48-70)89(101)77(74(92)53-64-35-15-3-16-36-64)105-80(102-61-106)84(96,57-68-43-23-7-24-44-68)87(89,99)60-71-49-29-10-30-50-71/h1-50,72-80,90-101,106H,51-61H2/t72?,73?,74?,75-,76-,77-,78-,79-,80+,81-,82+,83+,84+,85+,86-,87-,88-,89+/m1/s1. The van der Waals surface area contributed by atoms with E-state index in [2.05, 4.69) is 12.6 Å². The zero-order valence-electron chi connectivity index (χ0n) is 58.8. The summed E-state index contributed by atoms with van der Waals surface area (Å²) in [6, 6.07) is 84.9. The molecule has 3 unspecified atom stereocenters. The van der Waals surface area contributed by atoms with Crippen LogP contribution in [0.2, 0.25) is 0 Å². The molecule has 0 aliphatic carbocycles. The quantitative estimate of drug-likeness (QED) is 0.0171. The number of benzene rings is 10. The highest BCUT2D eigenvalue weighted by Crippen LogP contribution is 2.63. The third-order valence-electron chi connectivity index (χ3n) is 22.7. The van der Waals surface area contributed by atoms with Crippen LogP contribution in [0.4, 0.5) is 0 Å². The SMILES string of the molecule is OC(Cc1ccccc1)[C@H]1O[C@@H]([C@@]2(O)[C@@H](C(O)Cc3ccccc3)O[C@H](OCS)[C@@](O)(Cc3ccccc3)[C@]2(O)Cc2ccccc2)[C@@](O)(Cc2ccccc2)[C@](O)(Cc2ccccc2)[C@]1(O)[C@@H]1O[C@H](C(O)Cc2ccccc2)[C@](O)(Cc2ccccc2)[C@@](O)(Cc2ccccc2)[C@]1(O)Cc1ccccc1. The topological polar surface area (TPSA) is 280 Å². The summed E-state index contributed by atoms with van der Waals surface area (Å²) in [5, 5.41) is 181. The lowest BCUT2D eigenvalue weighted by molar-refractivity contribution is -0.474. The van der Waals surface area contributed by atoms with E-state index in [0.717, 1.165) is 0 Å². The number of hydrogen-bond donors (Lipinski definition) is 13. The molecule has 3 saturated heterocycles. The highest BCUT2D eigenvalue weighted by Gasteiger charge is 2.87. The van der Waals surface area contributed by atoms with Gasteiger partial charge in [0.25, 0.3) is 0 Å². The highest BCUT2D eigenvalue weighted by atomic mass is 32.1. The predicted octanol–water partition coefficient (Wildman–Crippen LogP) is 8.24. The fourth-order valence-electron chi connectivity index (χ4n) is 17.6. The summed E-state index contributed by atoms with van der Waals surface area (Å²) < 4.78 is 28.8. The minimum Gasteiger partial charge on any atom is -0.390 e. The van der Waals surface area contributed by atoms with Crippen LogP contribution in [0.3, 0.4) is 0 Å². The Morgan fingerprint density at radius 3 is 0.783 bits per heavy atom. The first-order chi connectivity index (χ1) is 51.1. The van der Waals surface area contributed by atoms with Crippen molar-refractivity contribution in [1.82, 2.24) is 0 Å². The van der Waals surface area contributed by atoms with Crippen LogP contribution in [-0.2, 0) is 83.2 Å². The lowest BCUT2D eigenvalue weighted by Crippen LogP contribution is -2.96. The van der Waals surface area contributed by atoms with Crippen LogP contribution in [0.5, 0.6) is 0 Å². The first-order valence-electron chi connectivity index (χ1n) is 36.2. The van der Waals surface area contributed by atoms with Crippen molar-refractivity contribution < 1.29 is 80.2 Å². The summed E-state index contributed by atoms with van der Waals surface area (Å²) >= 11 is 4.50. The first kappa shape index (κ1) is 76.1. The molecule has 552 valence electrons. The van der Waals surface area contributed by atoms with Crippen LogP contribution in [-0.4, -0.2) is 173 Å². The second kappa shape index (κ2) is 31.6. The maximum Gasteiger partial charge on any atom is 0.191 e. The number of aliphatic hydroxyl groups excluding tert-OH is 3. The second-order valence-electron chi connectivity index (χ2n) is 29.4. The minimum atomic E-state index is -3.72. The van der Waals surface area contributed by atoms with Gasteiger partial charge in [-0.05, 0) is 55.6 Å². The van der Waals surface area contributed by atoms with E-state index in [1.54, 1.807) is 303 Å². The van der Waals surface area contributed by atoms with E-state index < -0.39 is 163 Å². The fourth-order valence-corrected chi connectivity index (χ4v) is 17.8. The summed E-state index contributed by atoms with van der Waals surface area (Å²) in [5.74, 6) is -0.468. The molecular weight excluding hydrogens is 1360 g/mol. The van der Waals surface area contributed by atoms with Crippen molar-refractivity contribution in [3.05, 3.63) is 359 Å². The Morgan fingerprint density at radius 2 is 0.481 bits per heavy atom. The first-order valence-corrected chi connectivity index (χ1v) is 36.8. The van der Waals surface area contributed by atoms with Crippen LogP contribution < -0.4 is 0 Å². The molecule has 106 heavy (non-hydrogen) atoms. The van der Waals surface area contributed by atoms with Crippen LogP contribution in [0.1, 0.15) is 55.6 Å². The van der Waals surface area contributed by atoms with Crippen molar-refractivity contribution in [3.8, 4) is 0 Å². The fraction of sp³-hybridized carbons (Fsp3) is 0.326. The van der Waals surface area contributed by atoms with Gasteiger partial charge in [0.15, 0.2) is 23.1 Å². The molecule has 0 saturated carbocycles. The van der Waals surface area contributed by atoms with E-state index >= 15 is 35.7 Å². The van der Waals surface area contributed by atoms with Crippen molar-refractivity contribution in [3.63, 3.8) is 0 Å². The number of ether oxygens (including phenoxy) is 4. The molecule has 13 rings (SSSR count). The van der Waals surface area contributed by atoms with Gasteiger partial charge in [-0.15, -0.1) is 0 Å². The van der Waals surface area contributed by atoms with E-state index in [-0.39, 0.29) is 35.1 Å². The normalized spacial score (nSPS) is 31.8. The molecule has 12 N–H and O–H groups in total. The Bertz CT molecular complexity index is 4410. The van der Waals surface area contributed by atoms with Gasteiger partial charge in [0.1, 0.15) is 64.1 Å². The van der Waals surface area contributed by atoms with Crippen LogP contribution in [0, 0.1) is 0 Å². The summed E-state index contributed by atoms with van der Waals surface area (Å²) in [6.45, 7) is 0. The van der Waals surface area contributed by atoms with Gasteiger partial charge >= 0.3 is 0 Å². The van der Waals surface area contributed by atoms with E-state index in [1.807, 2.05) is 0 Å². The van der Waals surface area contributed by atoms with Gasteiger partial charge < -0.3 is 80.2 Å². The maximum atomic E-state index is 16.2. The molecular formula is C89H94O16S. The van der Waals surface area contributed by atoms with E-state index in [1.165, 1.54) is 0 Å². The summed E-state index contributed by atoms with van der Waals surface area (Å²) in [5.41, 5.74) is -26.4. The van der Waals surface area contributed by atoms with E-state index in [0.29, 0.717) is 33.4 Å². The molecule has 16 nitrogen and oxygen atoms in total. The molecule has 18 atom stereocenters. The van der Waals surface area contributed by atoms with Crippen molar-refractivity contribution in [2.45, 2.75) is 170 Å². The second-order valence-corrected chi connectivity index (χ2v) is 29.7. The van der Waals surface area contributed by atoms with Gasteiger partial charge in [-0.25, -0.2) is 0 Å². The van der Waals surface area contributed by atoms with Gasteiger partial charge in [-0.1, -0.05) is 303 Å². The highest BCUT2D eigenvalue weighted by molar-refractivity contribution is 7.80. The minimum absolute atomic E-state index is 0.171. The molecule has 0 aromatic heterocycles.